The number of methoxy groups -OCH3 is 1. The van der Waals surface area contributed by atoms with E-state index >= 15 is 0 Å². The first-order chi connectivity index (χ1) is 7.13. The number of anilines is 1. The van der Waals surface area contributed by atoms with E-state index in [1.165, 1.54) is 0 Å². The Kier molecular flexibility index (Phi) is 4.98. The second kappa shape index (κ2) is 6.02. The molecule has 0 N–H and O–H groups in total. The van der Waals surface area contributed by atoms with Crippen LogP contribution in [0.3, 0.4) is 0 Å². The maximum Gasteiger partial charge on any atom is 0.131 e. The molecule has 0 aliphatic rings. The summed E-state index contributed by atoms with van der Waals surface area (Å²) in [4.78, 5) is 10.7. The predicted molar refractivity (Wildman–Crippen MR) is 64.6 cm³/mol. The molecule has 0 radical (unpaired) electrons. The molecule has 4 nitrogen and oxygen atoms in total. The van der Waals surface area contributed by atoms with Crippen LogP contribution in [-0.2, 0) is 4.74 Å². The van der Waals surface area contributed by atoms with Crippen molar-refractivity contribution in [3.05, 3.63) is 18.1 Å². The first-order valence-corrected chi connectivity index (χ1v) is 5.68. The van der Waals surface area contributed by atoms with Crippen molar-refractivity contribution in [2.24, 2.45) is 0 Å². The smallest absolute Gasteiger partial charge is 0.131 e. The van der Waals surface area contributed by atoms with Gasteiger partial charge in [-0.3, -0.25) is 0 Å². The summed E-state index contributed by atoms with van der Waals surface area (Å²) in [6.45, 7) is 3.50. The van der Waals surface area contributed by atoms with Gasteiger partial charge in [0.1, 0.15) is 12.1 Å². The van der Waals surface area contributed by atoms with Crippen LogP contribution in [0.25, 0.3) is 0 Å². The highest BCUT2D eigenvalue weighted by Gasteiger charge is 2.09. The molecule has 1 aromatic rings. The minimum Gasteiger partial charge on any atom is -0.383 e. The number of alkyl halides is 1. The molecule has 5 heteroatoms. The van der Waals surface area contributed by atoms with Gasteiger partial charge in [-0.15, -0.1) is 0 Å². The van der Waals surface area contributed by atoms with Crippen molar-refractivity contribution in [1.29, 1.82) is 0 Å². The third kappa shape index (κ3) is 4.13. The molecule has 0 saturated heterocycles. The fourth-order valence-electron chi connectivity index (χ4n) is 1.27. The van der Waals surface area contributed by atoms with E-state index in [1.807, 2.05) is 20.0 Å². The second-order valence-electron chi connectivity index (χ2n) is 3.45. The summed E-state index contributed by atoms with van der Waals surface area (Å²) < 4.78 is 5.06. The lowest BCUT2D eigenvalue weighted by atomic mass is 10.3. The van der Waals surface area contributed by atoms with Crippen molar-refractivity contribution in [1.82, 2.24) is 9.97 Å². The zero-order valence-electron chi connectivity index (χ0n) is 9.27. The van der Waals surface area contributed by atoms with E-state index < -0.39 is 0 Å². The summed E-state index contributed by atoms with van der Waals surface area (Å²) in [7, 11) is 3.70. The van der Waals surface area contributed by atoms with Crippen LogP contribution in [-0.4, -0.2) is 42.1 Å². The Morgan fingerprint density at radius 1 is 1.53 bits per heavy atom. The highest BCUT2D eigenvalue weighted by Crippen LogP contribution is 2.11. The van der Waals surface area contributed by atoms with Crippen molar-refractivity contribution >= 4 is 21.7 Å². The molecule has 1 unspecified atom stereocenters. The van der Waals surface area contributed by atoms with E-state index in [2.05, 4.69) is 30.8 Å². The molecule has 0 amide bonds. The zero-order valence-corrected chi connectivity index (χ0v) is 10.9. The summed E-state index contributed by atoms with van der Waals surface area (Å²) >= 11 is 3.54. The Labute approximate surface area is 98.8 Å². The van der Waals surface area contributed by atoms with Gasteiger partial charge >= 0.3 is 0 Å². The van der Waals surface area contributed by atoms with Crippen LogP contribution in [0.2, 0.25) is 0 Å². The summed E-state index contributed by atoms with van der Waals surface area (Å²) in [5, 5.41) is 0. The van der Waals surface area contributed by atoms with Crippen molar-refractivity contribution in [2.45, 2.75) is 11.8 Å². The fraction of sp³-hybridized carbons (Fsp3) is 0.600. The number of aryl methyl sites for hydroxylation is 1. The molecular formula is C10H16BrN3O. The summed E-state index contributed by atoms with van der Waals surface area (Å²) in [6.07, 6.45) is 1.58. The minimum atomic E-state index is 0.308. The number of nitrogens with zero attached hydrogens (tertiary/aromatic N) is 3. The number of aromatic nitrogens is 2. The van der Waals surface area contributed by atoms with Crippen molar-refractivity contribution in [3.63, 3.8) is 0 Å². The van der Waals surface area contributed by atoms with Crippen molar-refractivity contribution < 1.29 is 4.74 Å². The average Bonchev–Trinajstić information content (AvgIpc) is 2.18. The minimum absolute atomic E-state index is 0.308. The van der Waals surface area contributed by atoms with Crippen LogP contribution in [0.15, 0.2) is 12.4 Å². The Hall–Kier alpha value is -0.680. The highest BCUT2D eigenvalue weighted by molar-refractivity contribution is 9.09. The molecule has 0 bridgehead atoms. The SMILES string of the molecule is COCC(Br)CN(C)c1cc(C)ncn1. The number of hydrogen-bond acceptors (Lipinski definition) is 4. The van der Waals surface area contributed by atoms with Gasteiger partial charge in [-0.2, -0.15) is 0 Å². The molecule has 84 valence electrons. The monoisotopic (exact) mass is 273 g/mol. The van der Waals surface area contributed by atoms with E-state index in [0.717, 1.165) is 18.1 Å². The molecule has 1 atom stereocenters. The Balaban J connectivity index is 2.56. The van der Waals surface area contributed by atoms with Gasteiger partial charge in [0.15, 0.2) is 0 Å². The maximum atomic E-state index is 5.06. The molecule has 0 aliphatic heterocycles. The van der Waals surface area contributed by atoms with E-state index in [9.17, 15) is 0 Å². The van der Waals surface area contributed by atoms with Gasteiger partial charge in [0.2, 0.25) is 0 Å². The Morgan fingerprint density at radius 2 is 2.27 bits per heavy atom. The van der Waals surface area contributed by atoms with Gasteiger partial charge in [0, 0.05) is 32.5 Å². The van der Waals surface area contributed by atoms with Crippen molar-refractivity contribution in [2.75, 3.05) is 32.2 Å². The fourth-order valence-corrected chi connectivity index (χ4v) is 1.97. The molecule has 0 fully saturated rings. The van der Waals surface area contributed by atoms with Crippen LogP contribution < -0.4 is 4.90 Å². The van der Waals surface area contributed by atoms with E-state index in [1.54, 1.807) is 13.4 Å². The lowest BCUT2D eigenvalue weighted by molar-refractivity contribution is 0.201. The third-order valence-corrected chi connectivity index (χ3v) is 2.55. The van der Waals surface area contributed by atoms with Crippen molar-refractivity contribution in [3.8, 4) is 0 Å². The van der Waals surface area contributed by atoms with E-state index in [-0.39, 0.29) is 0 Å². The van der Waals surface area contributed by atoms with Gasteiger partial charge in [-0.25, -0.2) is 9.97 Å². The van der Waals surface area contributed by atoms with E-state index in [0.29, 0.717) is 11.4 Å². The van der Waals surface area contributed by atoms with Crippen LogP contribution in [0.5, 0.6) is 0 Å². The topological polar surface area (TPSA) is 38.2 Å². The third-order valence-electron chi connectivity index (χ3n) is 2.00. The van der Waals surface area contributed by atoms with Gasteiger partial charge in [-0.1, -0.05) is 15.9 Å². The number of hydrogen-bond donors (Lipinski definition) is 0. The second-order valence-corrected chi connectivity index (χ2v) is 4.75. The maximum absolute atomic E-state index is 5.06. The molecule has 0 aromatic carbocycles. The van der Waals surface area contributed by atoms with Gasteiger partial charge in [0.05, 0.1) is 11.4 Å². The van der Waals surface area contributed by atoms with E-state index in [4.69, 9.17) is 4.74 Å². The Bertz CT molecular complexity index is 308. The normalized spacial score (nSPS) is 12.5. The standard InChI is InChI=1S/C10H16BrN3O/c1-8-4-10(13-7-12-8)14(2)5-9(11)6-15-3/h4,7,9H,5-6H2,1-3H3. The van der Waals surface area contributed by atoms with Crippen LogP contribution in [0, 0.1) is 6.92 Å². The summed E-state index contributed by atoms with van der Waals surface area (Å²) in [5.41, 5.74) is 0.977. The highest BCUT2D eigenvalue weighted by atomic mass is 79.9. The number of ether oxygens (including phenoxy) is 1. The molecule has 1 rings (SSSR count). The van der Waals surface area contributed by atoms with Gasteiger partial charge in [-0.05, 0) is 6.92 Å². The molecular weight excluding hydrogens is 258 g/mol. The Morgan fingerprint density at radius 3 is 2.87 bits per heavy atom. The quantitative estimate of drug-likeness (QED) is 0.765. The average molecular weight is 274 g/mol. The summed E-state index contributed by atoms with van der Waals surface area (Å²) in [6, 6.07) is 1.96. The lowest BCUT2D eigenvalue weighted by Gasteiger charge is -2.21. The van der Waals surface area contributed by atoms with Crippen LogP contribution in [0.4, 0.5) is 5.82 Å². The van der Waals surface area contributed by atoms with Gasteiger partial charge < -0.3 is 9.64 Å². The van der Waals surface area contributed by atoms with Crippen LogP contribution in [0.1, 0.15) is 5.69 Å². The molecule has 0 spiro atoms. The predicted octanol–water partition coefficient (Wildman–Crippen LogP) is 1.63. The lowest BCUT2D eigenvalue weighted by Crippen LogP contribution is -2.28. The first kappa shape index (κ1) is 12.4. The molecule has 15 heavy (non-hydrogen) atoms. The number of halogens is 1. The number of rotatable bonds is 5. The molecule has 0 saturated carbocycles. The largest absolute Gasteiger partial charge is 0.383 e. The van der Waals surface area contributed by atoms with Crippen LogP contribution >= 0.6 is 15.9 Å². The molecule has 1 heterocycles. The molecule has 1 aromatic heterocycles. The molecule has 0 aliphatic carbocycles. The van der Waals surface area contributed by atoms with Gasteiger partial charge in [0.25, 0.3) is 0 Å². The zero-order chi connectivity index (χ0) is 11.3. The summed E-state index contributed by atoms with van der Waals surface area (Å²) in [5.74, 6) is 0.933. The first-order valence-electron chi connectivity index (χ1n) is 4.76.